The zero-order valence-electron chi connectivity index (χ0n) is 15.1. The Morgan fingerprint density at radius 1 is 1.37 bits per heavy atom. The molecule has 0 saturated carbocycles. The molecule has 1 N–H and O–H groups in total. The summed E-state index contributed by atoms with van der Waals surface area (Å²) in [6.45, 7) is 4.38. The Bertz CT molecular complexity index is 800. The number of nitro benzene ring substituents is 1. The standard InChI is InChI=1S/C18H21N3O6/c1-10(2)15(16(22)19-9-11-5-4-8-27-11)20-17(23)12-6-3-7-13(21(25)26)14(12)18(20)24/h3,6-7,10-11,15H,4-5,8-9H2,1-2H3,(H,19,22)/t11-,15+/m1/s1. The molecule has 0 unspecified atom stereocenters. The van der Waals surface area contributed by atoms with Gasteiger partial charge in [0.15, 0.2) is 0 Å². The topological polar surface area (TPSA) is 119 Å². The minimum absolute atomic E-state index is 0.0493. The second kappa shape index (κ2) is 7.43. The second-order valence-corrected chi connectivity index (χ2v) is 7.01. The van der Waals surface area contributed by atoms with Gasteiger partial charge in [-0.3, -0.25) is 29.4 Å². The Morgan fingerprint density at radius 3 is 2.70 bits per heavy atom. The maximum atomic E-state index is 12.8. The molecule has 0 radical (unpaired) electrons. The summed E-state index contributed by atoms with van der Waals surface area (Å²) in [5, 5.41) is 14.0. The minimum atomic E-state index is -1.06. The number of carbonyl (C=O) groups excluding carboxylic acids is 3. The van der Waals surface area contributed by atoms with Crippen molar-refractivity contribution in [1.29, 1.82) is 0 Å². The molecule has 9 heteroatoms. The molecule has 0 spiro atoms. The van der Waals surface area contributed by atoms with Crippen molar-refractivity contribution in [2.75, 3.05) is 13.2 Å². The normalized spacial score (nSPS) is 20.1. The molecule has 2 atom stereocenters. The van der Waals surface area contributed by atoms with E-state index in [9.17, 15) is 24.5 Å². The number of rotatable bonds is 6. The first-order valence-electron chi connectivity index (χ1n) is 8.87. The van der Waals surface area contributed by atoms with Crippen molar-refractivity contribution in [3.63, 3.8) is 0 Å². The maximum absolute atomic E-state index is 12.8. The molecule has 3 amide bonds. The van der Waals surface area contributed by atoms with Crippen LogP contribution in [0.25, 0.3) is 0 Å². The monoisotopic (exact) mass is 375 g/mol. The van der Waals surface area contributed by atoms with E-state index in [1.165, 1.54) is 18.2 Å². The van der Waals surface area contributed by atoms with Gasteiger partial charge < -0.3 is 10.1 Å². The number of fused-ring (bicyclic) bond motifs is 1. The molecule has 144 valence electrons. The number of amides is 3. The van der Waals surface area contributed by atoms with Gasteiger partial charge in [0, 0.05) is 19.2 Å². The Labute approximate surface area is 155 Å². The average molecular weight is 375 g/mol. The van der Waals surface area contributed by atoms with Crippen molar-refractivity contribution < 1.29 is 24.0 Å². The van der Waals surface area contributed by atoms with Crippen molar-refractivity contribution in [2.45, 2.75) is 38.8 Å². The molecule has 27 heavy (non-hydrogen) atoms. The zero-order valence-corrected chi connectivity index (χ0v) is 15.1. The fourth-order valence-corrected chi connectivity index (χ4v) is 3.53. The van der Waals surface area contributed by atoms with Gasteiger partial charge >= 0.3 is 0 Å². The number of ether oxygens (including phenoxy) is 1. The summed E-state index contributed by atoms with van der Waals surface area (Å²) in [4.78, 5) is 49.7. The molecule has 3 rings (SSSR count). The van der Waals surface area contributed by atoms with Crippen LogP contribution in [0.2, 0.25) is 0 Å². The van der Waals surface area contributed by atoms with Crippen molar-refractivity contribution in [1.82, 2.24) is 10.2 Å². The van der Waals surface area contributed by atoms with Gasteiger partial charge in [0.2, 0.25) is 5.91 Å². The quantitative estimate of drug-likeness (QED) is 0.457. The van der Waals surface area contributed by atoms with Gasteiger partial charge in [0.05, 0.1) is 16.6 Å². The summed E-state index contributed by atoms with van der Waals surface area (Å²) >= 11 is 0. The van der Waals surface area contributed by atoms with Crippen LogP contribution in [0.15, 0.2) is 18.2 Å². The molecule has 0 bridgehead atoms. The highest BCUT2D eigenvalue weighted by molar-refractivity contribution is 6.24. The van der Waals surface area contributed by atoms with Crippen molar-refractivity contribution in [2.24, 2.45) is 5.92 Å². The van der Waals surface area contributed by atoms with E-state index < -0.39 is 34.4 Å². The number of hydrogen-bond acceptors (Lipinski definition) is 6. The molecular weight excluding hydrogens is 354 g/mol. The molecule has 1 aromatic carbocycles. The van der Waals surface area contributed by atoms with Gasteiger partial charge in [-0.15, -0.1) is 0 Å². The first-order chi connectivity index (χ1) is 12.8. The molecule has 0 aliphatic carbocycles. The summed E-state index contributed by atoms with van der Waals surface area (Å²) in [6.07, 6.45) is 1.69. The summed E-state index contributed by atoms with van der Waals surface area (Å²) < 4.78 is 5.47. The van der Waals surface area contributed by atoms with Crippen LogP contribution >= 0.6 is 0 Å². The van der Waals surface area contributed by atoms with Crippen molar-refractivity contribution in [3.05, 3.63) is 39.4 Å². The van der Waals surface area contributed by atoms with Gasteiger partial charge in [0.1, 0.15) is 11.6 Å². The number of nitro groups is 1. The van der Waals surface area contributed by atoms with E-state index in [2.05, 4.69) is 5.32 Å². The molecular formula is C18H21N3O6. The summed E-state index contributed by atoms with van der Waals surface area (Å²) in [5.41, 5.74) is -0.743. The Balaban J connectivity index is 1.86. The largest absolute Gasteiger partial charge is 0.376 e. The number of nitrogens with one attached hydrogen (secondary N) is 1. The second-order valence-electron chi connectivity index (χ2n) is 7.01. The molecule has 0 aromatic heterocycles. The van der Waals surface area contributed by atoms with Gasteiger partial charge in [-0.2, -0.15) is 0 Å². The fraction of sp³-hybridized carbons (Fsp3) is 0.500. The van der Waals surface area contributed by atoms with E-state index in [0.29, 0.717) is 13.2 Å². The van der Waals surface area contributed by atoms with E-state index in [1.54, 1.807) is 13.8 Å². The third kappa shape index (κ3) is 3.42. The number of imide groups is 1. The number of carbonyl (C=O) groups is 3. The minimum Gasteiger partial charge on any atom is -0.376 e. The lowest BCUT2D eigenvalue weighted by atomic mass is 10.0. The maximum Gasteiger partial charge on any atom is 0.282 e. The van der Waals surface area contributed by atoms with E-state index in [1.807, 2.05) is 0 Å². The summed E-state index contributed by atoms with van der Waals surface area (Å²) in [5.74, 6) is -2.34. The lowest BCUT2D eigenvalue weighted by molar-refractivity contribution is -0.385. The van der Waals surface area contributed by atoms with Crippen molar-refractivity contribution in [3.8, 4) is 0 Å². The Hall–Kier alpha value is -2.81. The first kappa shape index (κ1) is 19.0. The molecule has 1 aromatic rings. The SMILES string of the molecule is CC(C)[C@@H](C(=O)NC[C@H]1CCCO1)N1C(=O)c2cccc([N+](=O)[O-])c2C1=O. The Morgan fingerprint density at radius 2 is 2.11 bits per heavy atom. The smallest absolute Gasteiger partial charge is 0.282 e. The van der Waals surface area contributed by atoms with Crippen LogP contribution in [-0.4, -0.2) is 52.8 Å². The van der Waals surface area contributed by atoms with Crippen LogP contribution in [-0.2, 0) is 9.53 Å². The first-order valence-corrected chi connectivity index (χ1v) is 8.87. The predicted octanol–water partition coefficient (Wildman–Crippen LogP) is 1.51. The van der Waals surface area contributed by atoms with Crippen LogP contribution in [0, 0.1) is 16.0 Å². The fourth-order valence-electron chi connectivity index (χ4n) is 3.53. The highest BCUT2D eigenvalue weighted by Crippen LogP contribution is 2.33. The van der Waals surface area contributed by atoms with Crippen LogP contribution < -0.4 is 5.32 Å². The van der Waals surface area contributed by atoms with E-state index in [4.69, 9.17) is 4.74 Å². The number of hydrogen-bond donors (Lipinski definition) is 1. The number of benzene rings is 1. The molecule has 2 aliphatic heterocycles. The third-order valence-electron chi connectivity index (χ3n) is 4.83. The highest BCUT2D eigenvalue weighted by Gasteiger charge is 2.47. The van der Waals surface area contributed by atoms with Gasteiger partial charge in [0.25, 0.3) is 17.5 Å². The summed E-state index contributed by atoms with van der Waals surface area (Å²) in [7, 11) is 0. The summed E-state index contributed by atoms with van der Waals surface area (Å²) in [6, 6.07) is 2.84. The van der Waals surface area contributed by atoms with E-state index >= 15 is 0 Å². The lowest BCUT2D eigenvalue weighted by Crippen LogP contribution is -2.53. The van der Waals surface area contributed by atoms with Crippen LogP contribution in [0.1, 0.15) is 47.4 Å². The van der Waals surface area contributed by atoms with Crippen LogP contribution in [0.3, 0.4) is 0 Å². The highest BCUT2D eigenvalue weighted by atomic mass is 16.6. The molecule has 2 aliphatic rings. The molecule has 1 saturated heterocycles. The molecule has 9 nitrogen and oxygen atoms in total. The van der Waals surface area contributed by atoms with Crippen molar-refractivity contribution >= 4 is 23.4 Å². The average Bonchev–Trinajstić information content (AvgIpc) is 3.22. The zero-order chi connectivity index (χ0) is 19.7. The van der Waals surface area contributed by atoms with Crippen LogP contribution in [0.4, 0.5) is 5.69 Å². The van der Waals surface area contributed by atoms with Gasteiger partial charge in [-0.25, -0.2) is 0 Å². The van der Waals surface area contributed by atoms with Gasteiger partial charge in [-0.05, 0) is 24.8 Å². The lowest BCUT2D eigenvalue weighted by Gasteiger charge is -2.28. The third-order valence-corrected chi connectivity index (χ3v) is 4.83. The van der Waals surface area contributed by atoms with Crippen LogP contribution in [0.5, 0.6) is 0 Å². The van der Waals surface area contributed by atoms with E-state index in [-0.39, 0.29) is 23.1 Å². The molecule has 1 fully saturated rings. The van der Waals surface area contributed by atoms with E-state index in [0.717, 1.165) is 17.7 Å². The Kier molecular flexibility index (Phi) is 5.22. The van der Waals surface area contributed by atoms with Gasteiger partial charge in [-0.1, -0.05) is 19.9 Å². The number of nitrogens with zero attached hydrogens (tertiary/aromatic N) is 2. The predicted molar refractivity (Wildman–Crippen MR) is 94.2 cm³/mol. The molecule has 2 heterocycles.